The van der Waals surface area contributed by atoms with E-state index in [2.05, 4.69) is 12.6 Å². The normalized spacial score (nSPS) is 11.7. The van der Waals surface area contributed by atoms with E-state index in [4.69, 9.17) is 0 Å². The number of benzene rings is 1. The first-order chi connectivity index (χ1) is 8.22. The molecule has 0 aliphatic carbocycles. The highest BCUT2D eigenvalue weighted by molar-refractivity contribution is 7.80. The number of alkyl halides is 3. The molecule has 0 heterocycles. The molecule has 0 atom stereocenters. The molecule has 0 saturated heterocycles. The van der Waals surface area contributed by atoms with Crippen molar-refractivity contribution in [3.8, 4) is 0 Å². The predicted molar refractivity (Wildman–Crippen MR) is 65.9 cm³/mol. The summed E-state index contributed by atoms with van der Waals surface area (Å²) in [5, 5.41) is 0. The Bertz CT molecular complexity index is 432. The van der Waals surface area contributed by atoms with E-state index < -0.39 is 24.7 Å². The minimum absolute atomic E-state index is 0.179. The molecule has 6 heteroatoms. The Hall–Kier alpha value is -1.17. The number of nitrogens with zero attached hydrogens (tertiary/aromatic N) is 1. The van der Waals surface area contributed by atoms with Gasteiger partial charge in [0.1, 0.15) is 6.54 Å². The Kier molecular flexibility index (Phi) is 4.67. The van der Waals surface area contributed by atoms with Gasteiger partial charge >= 0.3 is 6.18 Å². The molecule has 1 rings (SSSR count). The van der Waals surface area contributed by atoms with Crippen molar-refractivity contribution in [1.29, 1.82) is 0 Å². The molecule has 1 aromatic rings. The summed E-state index contributed by atoms with van der Waals surface area (Å²) < 4.78 is 37.3. The van der Waals surface area contributed by atoms with Crippen LogP contribution in [0.15, 0.2) is 29.2 Å². The summed E-state index contributed by atoms with van der Waals surface area (Å²) in [4.78, 5) is 13.2. The maximum absolute atomic E-state index is 12.4. The van der Waals surface area contributed by atoms with Gasteiger partial charge in [0, 0.05) is 10.9 Å². The first kappa shape index (κ1) is 14.9. The fraction of sp³-hybridized carbons (Fsp3) is 0.417. The standard InChI is InChI=1S/C12H14F3NOS/c1-8(2)16(7-12(13,14)15)11(17)9-5-3-4-6-10(9)18/h3-6,8,18H,7H2,1-2H3. The smallest absolute Gasteiger partial charge is 0.327 e. The van der Waals surface area contributed by atoms with Crippen LogP contribution in [0.25, 0.3) is 0 Å². The monoisotopic (exact) mass is 277 g/mol. The van der Waals surface area contributed by atoms with Crippen LogP contribution >= 0.6 is 12.6 Å². The zero-order chi connectivity index (χ0) is 13.9. The van der Waals surface area contributed by atoms with Gasteiger partial charge in [0.15, 0.2) is 0 Å². The molecule has 0 aliphatic rings. The van der Waals surface area contributed by atoms with E-state index in [1.165, 1.54) is 6.07 Å². The molecular weight excluding hydrogens is 263 g/mol. The van der Waals surface area contributed by atoms with Gasteiger partial charge in [0.2, 0.25) is 0 Å². The third-order valence-electron chi connectivity index (χ3n) is 2.37. The van der Waals surface area contributed by atoms with E-state index in [0.717, 1.165) is 4.90 Å². The van der Waals surface area contributed by atoms with Crippen LogP contribution in [0.5, 0.6) is 0 Å². The number of rotatable bonds is 3. The molecule has 100 valence electrons. The average Bonchev–Trinajstić information content (AvgIpc) is 2.24. The topological polar surface area (TPSA) is 20.3 Å². The van der Waals surface area contributed by atoms with E-state index in [1.54, 1.807) is 32.0 Å². The van der Waals surface area contributed by atoms with Crippen molar-refractivity contribution >= 4 is 18.5 Å². The highest BCUT2D eigenvalue weighted by Gasteiger charge is 2.34. The van der Waals surface area contributed by atoms with Gasteiger partial charge in [-0.1, -0.05) is 12.1 Å². The lowest BCUT2D eigenvalue weighted by Gasteiger charge is -2.28. The number of hydrogen-bond donors (Lipinski definition) is 1. The van der Waals surface area contributed by atoms with Crippen molar-refractivity contribution in [1.82, 2.24) is 4.90 Å². The molecule has 0 aliphatic heterocycles. The predicted octanol–water partition coefficient (Wildman–Crippen LogP) is 3.39. The summed E-state index contributed by atoms with van der Waals surface area (Å²) in [6.07, 6.45) is -4.41. The molecule has 0 saturated carbocycles. The zero-order valence-corrected chi connectivity index (χ0v) is 10.9. The molecule has 0 unspecified atom stereocenters. The summed E-state index contributed by atoms with van der Waals surface area (Å²) in [6.45, 7) is 1.83. The highest BCUT2D eigenvalue weighted by atomic mass is 32.1. The maximum Gasteiger partial charge on any atom is 0.406 e. The largest absolute Gasteiger partial charge is 0.406 e. The van der Waals surface area contributed by atoms with Crippen LogP contribution in [0, 0.1) is 0 Å². The van der Waals surface area contributed by atoms with E-state index in [9.17, 15) is 18.0 Å². The highest BCUT2D eigenvalue weighted by Crippen LogP contribution is 2.22. The molecule has 0 bridgehead atoms. The molecule has 2 nitrogen and oxygen atoms in total. The minimum atomic E-state index is -4.41. The lowest BCUT2D eigenvalue weighted by atomic mass is 10.1. The summed E-state index contributed by atoms with van der Waals surface area (Å²) in [7, 11) is 0. The van der Waals surface area contributed by atoms with Crippen LogP contribution in [0.4, 0.5) is 13.2 Å². The van der Waals surface area contributed by atoms with Gasteiger partial charge in [-0.3, -0.25) is 4.79 Å². The van der Waals surface area contributed by atoms with Crippen LogP contribution < -0.4 is 0 Å². The van der Waals surface area contributed by atoms with Crippen molar-refractivity contribution in [3.05, 3.63) is 29.8 Å². The SMILES string of the molecule is CC(C)N(CC(F)(F)F)C(=O)c1ccccc1S. The molecular formula is C12H14F3NOS. The van der Waals surface area contributed by atoms with Crippen LogP contribution in [-0.2, 0) is 0 Å². The molecule has 0 aromatic heterocycles. The fourth-order valence-electron chi connectivity index (χ4n) is 1.49. The number of hydrogen-bond acceptors (Lipinski definition) is 2. The molecule has 1 aromatic carbocycles. The molecule has 0 fully saturated rings. The van der Waals surface area contributed by atoms with Gasteiger partial charge in [-0.25, -0.2) is 0 Å². The molecule has 18 heavy (non-hydrogen) atoms. The van der Waals surface area contributed by atoms with Crippen LogP contribution in [0.1, 0.15) is 24.2 Å². The van der Waals surface area contributed by atoms with Gasteiger partial charge in [-0.2, -0.15) is 13.2 Å². The summed E-state index contributed by atoms with van der Waals surface area (Å²) >= 11 is 4.08. The summed E-state index contributed by atoms with van der Waals surface area (Å²) in [5.74, 6) is -0.659. The molecule has 0 N–H and O–H groups in total. The van der Waals surface area contributed by atoms with Crippen molar-refractivity contribution in [2.75, 3.05) is 6.54 Å². The van der Waals surface area contributed by atoms with Gasteiger partial charge in [-0.15, -0.1) is 12.6 Å². The van der Waals surface area contributed by atoms with Crippen molar-refractivity contribution in [2.24, 2.45) is 0 Å². The summed E-state index contributed by atoms with van der Waals surface area (Å²) in [6, 6.07) is 5.77. The number of carbonyl (C=O) groups excluding carboxylic acids is 1. The first-order valence-electron chi connectivity index (χ1n) is 5.38. The third kappa shape index (κ3) is 3.94. The lowest BCUT2D eigenvalue weighted by molar-refractivity contribution is -0.143. The van der Waals surface area contributed by atoms with Gasteiger partial charge in [-0.05, 0) is 26.0 Å². The Morgan fingerprint density at radius 2 is 1.89 bits per heavy atom. The second kappa shape index (κ2) is 5.65. The van der Waals surface area contributed by atoms with E-state index in [0.29, 0.717) is 4.90 Å². The van der Waals surface area contributed by atoms with Crippen LogP contribution in [-0.4, -0.2) is 29.6 Å². The number of carbonyl (C=O) groups is 1. The lowest BCUT2D eigenvalue weighted by Crippen LogP contribution is -2.43. The fourth-order valence-corrected chi connectivity index (χ4v) is 1.75. The Morgan fingerprint density at radius 1 is 1.33 bits per heavy atom. The van der Waals surface area contributed by atoms with Gasteiger partial charge in [0.25, 0.3) is 5.91 Å². The minimum Gasteiger partial charge on any atom is -0.327 e. The number of halogens is 3. The van der Waals surface area contributed by atoms with Gasteiger partial charge in [0.05, 0.1) is 5.56 Å². The van der Waals surface area contributed by atoms with Gasteiger partial charge < -0.3 is 4.90 Å². The summed E-state index contributed by atoms with van der Waals surface area (Å²) in [5.41, 5.74) is 0.179. The number of thiol groups is 1. The van der Waals surface area contributed by atoms with E-state index in [-0.39, 0.29) is 5.56 Å². The second-order valence-corrected chi connectivity index (χ2v) is 4.64. The Balaban J connectivity index is 3.01. The van der Waals surface area contributed by atoms with Crippen LogP contribution in [0.2, 0.25) is 0 Å². The van der Waals surface area contributed by atoms with Crippen molar-refractivity contribution in [2.45, 2.75) is 31.0 Å². The molecule has 0 radical (unpaired) electrons. The molecule has 0 spiro atoms. The van der Waals surface area contributed by atoms with E-state index in [1.807, 2.05) is 0 Å². The van der Waals surface area contributed by atoms with Crippen molar-refractivity contribution < 1.29 is 18.0 Å². The molecule has 1 amide bonds. The zero-order valence-electron chi connectivity index (χ0n) is 10.0. The first-order valence-corrected chi connectivity index (χ1v) is 5.83. The van der Waals surface area contributed by atoms with Crippen molar-refractivity contribution in [3.63, 3.8) is 0 Å². The van der Waals surface area contributed by atoms with E-state index >= 15 is 0 Å². The quantitative estimate of drug-likeness (QED) is 0.840. The Labute approximate surface area is 109 Å². The third-order valence-corrected chi connectivity index (χ3v) is 2.76. The number of amides is 1. The average molecular weight is 277 g/mol. The second-order valence-electron chi connectivity index (χ2n) is 4.16. The maximum atomic E-state index is 12.4. The van der Waals surface area contributed by atoms with Crippen LogP contribution in [0.3, 0.4) is 0 Å². The Morgan fingerprint density at radius 3 is 2.33 bits per heavy atom.